The molecule has 3 rings (SSSR count). The Balaban J connectivity index is 1.29. The molecule has 0 aliphatic heterocycles. The van der Waals surface area contributed by atoms with Crippen molar-refractivity contribution in [1.82, 2.24) is 10.3 Å². The van der Waals surface area contributed by atoms with Crippen LogP contribution >= 0.6 is 11.8 Å². The van der Waals surface area contributed by atoms with Gasteiger partial charge in [-0.1, -0.05) is 54.2 Å². The molecule has 0 aliphatic rings. The Kier molecular flexibility index (Phi) is 6.87. The average Bonchev–Trinajstić information content (AvgIpc) is 3.12. The second-order valence-corrected chi connectivity index (χ2v) is 6.76. The standard InChI is InChI=1S/C20H20N2O4S/c23-18(21-12-6-9-15-7-2-1-3-8-15)13-25-19(24)14-27-20-22-16-10-4-5-11-17(16)26-20/h1-5,7-8,10-11H,6,9,12-14H2,(H,21,23). The highest BCUT2D eigenvalue weighted by Crippen LogP contribution is 2.22. The van der Waals surface area contributed by atoms with Crippen LogP contribution in [0.1, 0.15) is 12.0 Å². The van der Waals surface area contributed by atoms with E-state index in [2.05, 4.69) is 22.4 Å². The van der Waals surface area contributed by atoms with Crippen molar-refractivity contribution in [3.63, 3.8) is 0 Å². The van der Waals surface area contributed by atoms with Crippen molar-refractivity contribution < 1.29 is 18.7 Å². The van der Waals surface area contributed by atoms with Crippen molar-refractivity contribution in [2.24, 2.45) is 0 Å². The highest BCUT2D eigenvalue weighted by atomic mass is 32.2. The van der Waals surface area contributed by atoms with Crippen LogP contribution in [0.25, 0.3) is 11.1 Å². The molecule has 0 aliphatic carbocycles. The lowest BCUT2D eigenvalue weighted by Crippen LogP contribution is -2.30. The van der Waals surface area contributed by atoms with Gasteiger partial charge in [-0.2, -0.15) is 0 Å². The number of esters is 1. The largest absolute Gasteiger partial charge is 0.455 e. The van der Waals surface area contributed by atoms with E-state index in [9.17, 15) is 9.59 Å². The number of rotatable bonds is 9. The van der Waals surface area contributed by atoms with E-state index in [0.717, 1.165) is 30.1 Å². The molecular formula is C20H20N2O4S. The Hall–Kier alpha value is -2.80. The maximum absolute atomic E-state index is 11.8. The third-order valence-corrected chi connectivity index (χ3v) is 4.56. The topological polar surface area (TPSA) is 81.4 Å². The van der Waals surface area contributed by atoms with Gasteiger partial charge in [0.2, 0.25) is 0 Å². The molecule has 6 nitrogen and oxygen atoms in total. The fraction of sp³-hybridized carbons (Fsp3) is 0.250. The molecule has 1 N–H and O–H groups in total. The molecular weight excluding hydrogens is 364 g/mol. The average molecular weight is 384 g/mol. The van der Waals surface area contributed by atoms with Crippen LogP contribution in [0, 0.1) is 0 Å². The summed E-state index contributed by atoms with van der Waals surface area (Å²) >= 11 is 1.14. The monoisotopic (exact) mass is 384 g/mol. The lowest BCUT2D eigenvalue weighted by atomic mass is 10.1. The van der Waals surface area contributed by atoms with Gasteiger partial charge in [-0.3, -0.25) is 9.59 Å². The third-order valence-electron chi connectivity index (χ3n) is 3.76. The number of nitrogens with zero attached hydrogens (tertiary/aromatic N) is 1. The molecule has 27 heavy (non-hydrogen) atoms. The van der Waals surface area contributed by atoms with Crippen LogP contribution in [0.2, 0.25) is 0 Å². The van der Waals surface area contributed by atoms with Crippen LogP contribution in [-0.2, 0) is 20.7 Å². The van der Waals surface area contributed by atoms with Crippen LogP contribution in [-0.4, -0.2) is 35.8 Å². The minimum absolute atomic E-state index is 0.0358. The Morgan fingerprint density at radius 2 is 1.85 bits per heavy atom. The second kappa shape index (κ2) is 9.78. The molecule has 140 valence electrons. The molecule has 0 fully saturated rings. The van der Waals surface area contributed by atoms with Crippen molar-refractivity contribution >= 4 is 34.7 Å². The fourth-order valence-corrected chi connectivity index (χ4v) is 3.07. The summed E-state index contributed by atoms with van der Waals surface area (Å²) in [6.45, 7) is 0.265. The van der Waals surface area contributed by atoms with Gasteiger partial charge in [0.1, 0.15) is 11.3 Å². The van der Waals surface area contributed by atoms with Crippen molar-refractivity contribution in [3.8, 4) is 0 Å². The van der Waals surface area contributed by atoms with E-state index in [0.29, 0.717) is 17.4 Å². The van der Waals surface area contributed by atoms with Gasteiger partial charge in [0.05, 0.1) is 0 Å². The maximum Gasteiger partial charge on any atom is 0.316 e. The van der Waals surface area contributed by atoms with Crippen LogP contribution in [0.15, 0.2) is 64.2 Å². The van der Waals surface area contributed by atoms with Gasteiger partial charge in [-0.15, -0.1) is 0 Å². The first-order valence-corrected chi connectivity index (χ1v) is 9.64. The van der Waals surface area contributed by atoms with Crippen LogP contribution in [0.4, 0.5) is 0 Å². The smallest absolute Gasteiger partial charge is 0.316 e. The maximum atomic E-state index is 11.8. The molecule has 3 aromatic rings. The number of nitrogens with one attached hydrogen (secondary N) is 1. The summed E-state index contributed by atoms with van der Waals surface area (Å²) in [5, 5.41) is 3.15. The number of carbonyl (C=O) groups is 2. The lowest BCUT2D eigenvalue weighted by molar-refractivity contribution is -0.145. The molecule has 1 heterocycles. The first kappa shape index (κ1) is 19.0. The highest BCUT2D eigenvalue weighted by Gasteiger charge is 2.11. The van der Waals surface area contributed by atoms with E-state index >= 15 is 0 Å². The molecule has 1 amide bonds. The van der Waals surface area contributed by atoms with Gasteiger partial charge in [0.25, 0.3) is 11.1 Å². The summed E-state index contributed by atoms with van der Waals surface area (Å²) in [7, 11) is 0. The highest BCUT2D eigenvalue weighted by molar-refractivity contribution is 7.99. The normalized spacial score (nSPS) is 10.7. The Morgan fingerprint density at radius 3 is 2.67 bits per heavy atom. The van der Waals surface area contributed by atoms with Gasteiger partial charge >= 0.3 is 5.97 Å². The Bertz CT molecular complexity index is 862. The van der Waals surface area contributed by atoms with E-state index in [1.807, 2.05) is 42.5 Å². The summed E-state index contributed by atoms with van der Waals surface area (Å²) in [5.41, 5.74) is 2.64. The predicted octanol–water partition coefficient (Wildman–Crippen LogP) is 3.21. The number of thioether (sulfide) groups is 1. The molecule has 0 unspecified atom stereocenters. The number of oxazole rings is 1. The molecule has 1 aromatic heterocycles. The number of benzene rings is 2. The van der Waals surface area contributed by atoms with E-state index in [1.165, 1.54) is 5.56 Å². The molecule has 0 bridgehead atoms. The first-order valence-electron chi connectivity index (χ1n) is 8.65. The minimum Gasteiger partial charge on any atom is -0.455 e. The van der Waals surface area contributed by atoms with Crippen LogP contribution in [0.3, 0.4) is 0 Å². The van der Waals surface area contributed by atoms with E-state index < -0.39 is 5.97 Å². The fourth-order valence-electron chi connectivity index (χ4n) is 2.44. The molecule has 0 saturated heterocycles. The molecule has 7 heteroatoms. The minimum atomic E-state index is -0.485. The molecule has 0 radical (unpaired) electrons. The SMILES string of the molecule is O=C(COC(=O)CSc1nc2ccccc2o1)NCCCc1ccccc1. The van der Waals surface area contributed by atoms with Crippen molar-refractivity contribution in [1.29, 1.82) is 0 Å². The number of hydrogen-bond acceptors (Lipinski definition) is 6. The summed E-state index contributed by atoms with van der Waals surface area (Å²) in [6.07, 6.45) is 1.72. The predicted molar refractivity (Wildman–Crippen MR) is 103 cm³/mol. The van der Waals surface area contributed by atoms with Crippen LogP contribution in [0.5, 0.6) is 0 Å². The number of para-hydroxylation sites is 2. The number of aromatic nitrogens is 1. The van der Waals surface area contributed by atoms with Gasteiger partial charge < -0.3 is 14.5 Å². The summed E-state index contributed by atoms with van der Waals surface area (Å²) in [5.74, 6) is -0.751. The number of carbonyl (C=O) groups excluding carboxylic acids is 2. The van der Waals surface area contributed by atoms with E-state index in [-0.39, 0.29) is 18.3 Å². The Labute approximate surface area is 161 Å². The van der Waals surface area contributed by atoms with Gasteiger partial charge in [-0.05, 0) is 30.5 Å². The third kappa shape index (κ3) is 6.14. The quantitative estimate of drug-likeness (QED) is 0.347. The van der Waals surface area contributed by atoms with Gasteiger partial charge in [0, 0.05) is 6.54 Å². The van der Waals surface area contributed by atoms with Crippen molar-refractivity contribution in [2.45, 2.75) is 18.1 Å². The van der Waals surface area contributed by atoms with Gasteiger partial charge in [-0.25, -0.2) is 4.98 Å². The zero-order valence-electron chi connectivity index (χ0n) is 14.7. The first-order chi connectivity index (χ1) is 13.2. The summed E-state index contributed by atoms with van der Waals surface area (Å²) in [4.78, 5) is 27.7. The van der Waals surface area contributed by atoms with Crippen molar-refractivity contribution in [2.75, 3.05) is 18.9 Å². The second-order valence-electron chi connectivity index (χ2n) is 5.84. The van der Waals surface area contributed by atoms with Gasteiger partial charge in [0.15, 0.2) is 12.2 Å². The number of ether oxygens (including phenoxy) is 1. The molecule has 0 saturated carbocycles. The van der Waals surface area contributed by atoms with E-state index in [1.54, 1.807) is 0 Å². The zero-order chi connectivity index (χ0) is 18.9. The lowest BCUT2D eigenvalue weighted by Gasteiger charge is -2.06. The molecule has 2 aromatic carbocycles. The van der Waals surface area contributed by atoms with Crippen LogP contribution < -0.4 is 5.32 Å². The molecule has 0 spiro atoms. The van der Waals surface area contributed by atoms with Crippen molar-refractivity contribution in [3.05, 3.63) is 60.2 Å². The molecule has 0 atom stereocenters. The number of aryl methyl sites for hydroxylation is 1. The number of hydrogen-bond donors (Lipinski definition) is 1. The summed E-state index contributed by atoms with van der Waals surface area (Å²) in [6, 6.07) is 17.4. The van der Waals surface area contributed by atoms with E-state index in [4.69, 9.17) is 9.15 Å². The Morgan fingerprint density at radius 1 is 1.07 bits per heavy atom. The zero-order valence-corrected chi connectivity index (χ0v) is 15.5. The summed E-state index contributed by atoms with van der Waals surface area (Å²) < 4.78 is 10.5. The number of fused-ring (bicyclic) bond motifs is 1. The number of amides is 1.